The number of nitro groups is 1. The summed E-state index contributed by atoms with van der Waals surface area (Å²) >= 11 is 0. The number of nitrogens with two attached hydrogens (primary N) is 1. The third-order valence-electron chi connectivity index (χ3n) is 3.49. The molecule has 0 atom stereocenters. The van der Waals surface area contributed by atoms with E-state index in [-0.39, 0.29) is 22.8 Å². The number of anilines is 1. The van der Waals surface area contributed by atoms with Crippen LogP contribution in [0.15, 0.2) is 18.2 Å². The van der Waals surface area contributed by atoms with E-state index in [4.69, 9.17) is 5.73 Å². The largest absolute Gasteiger partial charge is 0.393 e. The van der Waals surface area contributed by atoms with Gasteiger partial charge in [0.2, 0.25) is 0 Å². The highest BCUT2D eigenvalue weighted by Gasteiger charge is 2.27. The summed E-state index contributed by atoms with van der Waals surface area (Å²) < 4.78 is 0. The van der Waals surface area contributed by atoms with Crippen molar-refractivity contribution in [1.82, 2.24) is 9.80 Å². The molecule has 7 heteroatoms. The number of nitrogen functional groups attached to an aromatic ring is 1. The van der Waals surface area contributed by atoms with Gasteiger partial charge in [0.15, 0.2) is 0 Å². The Hall–Kier alpha value is -2.15. The van der Waals surface area contributed by atoms with Crippen LogP contribution in [0.4, 0.5) is 11.4 Å². The minimum Gasteiger partial charge on any atom is -0.393 e. The Bertz CT molecular complexity index is 532. The Morgan fingerprint density at radius 3 is 2.75 bits per heavy atom. The van der Waals surface area contributed by atoms with E-state index in [1.165, 1.54) is 12.1 Å². The second-order valence-electron chi connectivity index (χ2n) is 4.95. The number of carbonyl (C=O) groups is 1. The molecule has 0 spiro atoms. The number of nitro benzene ring substituents is 1. The topological polar surface area (TPSA) is 92.7 Å². The molecule has 2 N–H and O–H groups in total. The maximum atomic E-state index is 12.5. The van der Waals surface area contributed by atoms with Gasteiger partial charge in [-0.1, -0.05) is 6.07 Å². The van der Waals surface area contributed by atoms with Gasteiger partial charge in [0.05, 0.1) is 4.92 Å². The Labute approximate surface area is 117 Å². The number of hydrogen-bond acceptors (Lipinski definition) is 5. The summed E-state index contributed by atoms with van der Waals surface area (Å²) in [6.07, 6.45) is 0.859. The minimum absolute atomic E-state index is 0.0211. The molecule has 1 amide bonds. The van der Waals surface area contributed by atoms with Gasteiger partial charge in [0, 0.05) is 19.6 Å². The maximum absolute atomic E-state index is 12.5. The Balaban J connectivity index is 2.29. The quantitative estimate of drug-likeness (QED) is 0.494. The lowest BCUT2D eigenvalue weighted by atomic mass is 10.1. The van der Waals surface area contributed by atoms with Crippen LogP contribution < -0.4 is 5.73 Å². The molecule has 0 bridgehead atoms. The second-order valence-corrected chi connectivity index (χ2v) is 4.95. The van der Waals surface area contributed by atoms with Crippen LogP contribution in [-0.2, 0) is 0 Å². The first-order valence-electron chi connectivity index (χ1n) is 6.51. The van der Waals surface area contributed by atoms with Crippen molar-refractivity contribution in [3.8, 4) is 0 Å². The summed E-state index contributed by atoms with van der Waals surface area (Å²) in [4.78, 5) is 26.8. The summed E-state index contributed by atoms with van der Waals surface area (Å²) in [5.74, 6) is -0.320. The van der Waals surface area contributed by atoms with Gasteiger partial charge in [-0.2, -0.15) is 0 Å². The van der Waals surface area contributed by atoms with Crippen molar-refractivity contribution >= 4 is 17.3 Å². The fourth-order valence-electron chi connectivity index (χ4n) is 2.36. The number of hydrogen-bond donors (Lipinski definition) is 1. The van der Waals surface area contributed by atoms with Gasteiger partial charge in [-0.05, 0) is 32.1 Å². The predicted molar refractivity (Wildman–Crippen MR) is 75.5 cm³/mol. The van der Waals surface area contributed by atoms with Gasteiger partial charge in [-0.15, -0.1) is 0 Å². The molecular weight excluding hydrogens is 260 g/mol. The molecule has 0 aromatic heterocycles. The Kier molecular flexibility index (Phi) is 4.19. The molecule has 20 heavy (non-hydrogen) atoms. The van der Waals surface area contributed by atoms with Gasteiger partial charge < -0.3 is 15.5 Å². The van der Waals surface area contributed by atoms with Crippen molar-refractivity contribution in [2.45, 2.75) is 6.42 Å². The molecule has 2 rings (SSSR count). The highest BCUT2D eigenvalue weighted by Crippen LogP contribution is 2.27. The molecule has 1 saturated heterocycles. The number of amides is 1. The Morgan fingerprint density at radius 1 is 1.30 bits per heavy atom. The van der Waals surface area contributed by atoms with Gasteiger partial charge in [-0.3, -0.25) is 14.9 Å². The van der Waals surface area contributed by atoms with Gasteiger partial charge in [-0.25, -0.2) is 0 Å². The van der Waals surface area contributed by atoms with Crippen LogP contribution >= 0.6 is 0 Å². The lowest BCUT2D eigenvalue weighted by Crippen LogP contribution is -2.34. The van der Waals surface area contributed by atoms with Crippen LogP contribution in [0, 0.1) is 10.1 Å². The SMILES string of the molecule is CN1CCCN(C(=O)c2cccc(N)c2[N+](=O)[O-])CC1. The van der Waals surface area contributed by atoms with E-state index >= 15 is 0 Å². The number of carbonyl (C=O) groups excluding carboxylic acids is 1. The van der Waals surface area contributed by atoms with E-state index in [0.717, 1.165) is 19.5 Å². The average Bonchev–Trinajstić information content (AvgIpc) is 2.62. The van der Waals surface area contributed by atoms with E-state index in [1.54, 1.807) is 11.0 Å². The van der Waals surface area contributed by atoms with Crippen molar-refractivity contribution in [3.05, 3.63) is 33.9 Å². The fourth-order valence-corrected chi connectivity index (χ4v) is 2.36. The van der Waals surface area contributed by atoms with E-state index in [2.05, 4.69) is 4.90 Å². The summed E-state index contributed by atoms with van der Waals surface area (Å²) in [5, 5.41) is 11.1. The monoisotopic (exact) mass is 278 g/mol. The molecule has 7 nitrogen and oxygen atoms in total. The van der Waals surface area contributed by atoms with E-state index in [9.17, 15) is 14.9 Å². The van der Waals surface area contributed by atoms with Crippen molar-refractivity contribution in [2.24, 2.45) is 0 Å². The standard InChI is InChI=1S/C13H18N4O3/c1-15-6-3-7-16(9-8-15)13(18)10-4-2-5-11(14)12(10)17(19)20/h2,4-5H,3,6-9,14H2,1H3. The zero-order chi connectivity index (χ0) is 14.7. The summed E-state index contributed by atoms with van der Waals surface area (Å²) in [5.41, 5.74) is 5.42. The molecule has 1 aromatic rings. The Morgan fingerprint density at radius 2 is 2.05 bits per heavy atom. The fraction of sp³-hybridized carbons (Fsp3) is 0.462. The number of rotatable bonds is 2. The third-order valence-corrected chi connectivity index (χ3v) is 3.49. The number of likely N-dealkylation sites (N-methyl/N-ethyl adjacent to an activating group) is 1. The molecule has 1 aliphatic heterocycles. The highest BCUT2D eigenvalue weighted by atomic mass is 16.6. The zero-order valence-corrected chi connectivity index (χ0v) is 11.4. The number of benzene rings is 1. The first kappa shape index (κ1) is 14.3. The van der Waals surface area contributed by atoms with E-state index < -0.39 is 4.92 Å². The van der Waals surface area contributed by atoms with Gasteiger partial charge >= 0.3 is 5.69 Å². The van der Waals surface area contributed by atoms with Crippen LogP contribution in [0.2, 0.25) is 0 Å². The van der Waals surface area contributed by atoms with Crippen molar-refractivity contribution in [2.75, 3.05) is 39.0 Å². The maximum Gasteiger partial charge on any atom is 0.304 e. The van der Waals surface area contributed by atoms with E-state index in [0.29, 0.717) is 13.1 Å². The van der Waals surface area contributed by atoms with Crippen LogP contribution in [0.3, 0.4) is 0 Å². The molecule has 0 unspecified atom stereocenters. The van der Waals surface area contributed by atoms with E-state index in [1.807, 2.05) is 7.05 Å². The minimum atomic E-state index is -0.591. The summed E-state index contributed by atoms with van der Waals surface area (Å²) in [6.45, 7) is 2.86. The first-order valence-corrected chi connectivity index (χ1v) is 6.51. The summed E-state index contributed by atoms with van der Waals surface area (Å²) in [7, 11) is 2.00. The molecule has 0 radical (unpaired) electrons. The van der Waals surface area contributed by atoms with Crippen LogP contribution in [-0.4, -0.2) is 53.9 Å². The van der Waals surface area contributed by atoms with Gasteiger partial charge in [0.25, 0.3) is 5.91 Å². The normalized spacial score (nSPS) is 16.8. The second kappa shape index (κ2) is 5.87. The zero-order valence-electron chi connectivity index (χ0n) is 11.4. The highest BCUT2D eigenvalue weighted by molar-refractivity contribution is 6.00. The molecule has 1 aromatic carbocycles. The van der Waals surface area contributed by atoms with Crippen LogP contribution in [0.25, 0.3) is 0 Å². The molecule has 0 aliphatic carbocycles. The number of para-hydroxylation sites is 1. The lowest BCUT2D eigenvalue weighted by Gasteiger charge is -2.20. The molecule has 108 valence electrons. The molecular formula is C13H18N4O3. The first-order chi connectivity index (χ1) is 9.50. The third kappa shape index (κ3) is 2.88. The van der Waals surface area contributed by atoms with Crippen molar-refractivity contribution < 1.29 is 9.72 Å². The van der Waals surface area contributed by atoms with Gasteiger partial charge in [0.1, 0.15) is 11.3 Å². The smallest absolute Gasteiger partial charge is 0.304 e. The molecule has 1 fully saturated rings. The van der Waals surface area contributed by atoms with Crippen molar-refractivity contribution in [1.29, 1.82) is 0 Å². The summed E-state index contributed by atoms with van der Waals surface area (Å²) in [6, 6.07) is 4.47. The van der Waals surface area contributed by atoms with Crippen molar-refractivity contribution in [3.63, 3.8) is 0 Å². The molecule has 1 aliphatic rings. The molecule has 1 heterocycles. The lowest BCUT2D eigenvalue weighted by molar-refractivity contribution is -0.384. The van der Waals surface area contributed by atoms with Crippen LogP contribution in [0.1, 0.15) is 16.8 Å². The average molecular weight is 278 g/mol. The number of nitrogens with zero attached hydrogens (tertiary/aromatic N) is 3. The van der Waals surface area contributed by atoms with Crippen LogP contribution in [0.5, 0.6) is 0 Å². The predicted octanol–water partition coefficient (Wildman–Crippen LogP) is 0.955. The molecule has 0 saturated carbocycles.